The van der Waals surface area contributed by atoms with E-state index in [4.69, 9.17) is 5.26 Å². The van der Waals surface area contributed by atoms with Gasteiger partial charge in [-0.2, -0.15) is 10.4 Å². The van der Waals surface area contributed by atoms with Crippen LogP contribution in [0.15, 0.2) is 48.5 Å². The lowest BCUT2D eigenvalue weighted by Gasteiger charge is -2.19. The molecule has 0 spiro atoms. The normalized spacial score (nSPS) is 10.5. The lowest BCUT2D eigenvalue weighted by atomic mass is 10.1. The summed E-state index contributed by atoms with van der Waals surface area (Å²) in [5.41, 5.74) is 3.15. The number of rotatable bonds is 7. The van der Waals surface area contributed by atoms with Gasteiger partial charge in [0.15, 0.2) is 0 Å². The van der Waals surface area contributed by atoms with E-state index in [0.29, 0.717) is 18.7 Å². The lowest BCUT2D eigenvalue weighted by Crippen LogP contribution is -2.20. The molecule has 0 atom stereocenters. The van der Waals surface area contributed by atoms with Gasteiger partial charge < -0.3 is 4.90 Å². The van der Waals surface area contributed by atoms with E-state index in [2.05, 4.69) is 10.2 Å². The molecule has 3 rings (SSSR count). The minimum atomic E-state index is -0.476. The molecule has 0 aliphatic heterocycles. The molecule has 1 N–H and O–H groups in total. The van der Waals surface area contributed by atoms with Crippen LogP contribution in [0.3, 0.4) is 0 Å². The topological polar surface area (TPSA) is 98.8 Å². The molecule has 28 heavy (non-hydrogen) atoms. The summed E-state index contributed by atoms with van der Waals surface area (Å²) in [4.78, 5) is 12.6. The number of nitro benzene ring substituents is 1. The first kappa shape index (κ1) is 19.0. The summed E-state index contributed by atoms with van der Waals surface area (Å²) in [5.74, 6) is -0.292. The van der Waals surface area contributed by atoms with Gasteiger partial charge in [0.2, 0.25) is 0 Å². The first-order chi connectivity index (χ1) is 13.5. The van der Waals surface area contributed by atoms with Crippen LogP contribution in [0.4, 0.5) is 15.8 Å². The van der Waals surface area contributed by atoms with Gasteiger partial charge in [0.05, 0.1) is 22.2 Å². The van der Waals surface area contributed by atoms with Crippen molar-refractivity contribution in [1.82, 2.24) is 10.2 Å². The molecule has 2 aromatic carbocycles. The predicted molar refractivity (Wildman–Crippen MR) is 103 cm³/mol. The fraction of sp³-hybridized carbons (Fsp3) is 0.200. The Morgan fingerprint density at radius 2 is 2.00 bits per heavy atom. The summed E-state index contributed by atoms with van der Waals surface area (Å²) in [5, 5.41) is 27.4. The number of nitrogens with one attached hydrogen (secondary N) is 1. The number of H-pyrrole nitrogens is 1. The lowest BCUT2D eigenvalue weighted by molar-refractivity contribution is -0.384. The van der Waals surface area contributed by atoms with E-state index >= 15 is 0 Å². The smallest absolute Gasteiger partial charge is 0.293 e. The zero-order valence-electron chi connectivity index (χ0n) is 15.2. The molecule has 3 aromatic rings. The van der Waals surface area contributed by atoms with E-state index in [1.807, 2.05) is 12.1 Å². The number of benzene rings is 2. The van der Waals surface area contributed by atoms with Crippen molar-refractivity contribution in [3.63, 3.8) is 0 Å². The SMILES string of the molecule is CN(CCCc1cc(-c2ccc(F)cc2)n[nH]1)c1ccc(C#N)cc1[N+](=O)[O-]. The van der Waals surface area contributed by atoms with Crippen LogP contribution in [-0.2, 0) is 6.42 Å². The zero-order chi connectivity index (χ0) is 20.1. The molecule has 0 bridgehead atoms. The summed E-state index contributed by atoms with van der Waals surface area (Å²) < 4.78 is 13.0. The van der Waals surface area contributed by atoms with Gasteiger partial charge in [0.1, 0.15) is 11.5 Å². The Labute approximate surface area is 161 Å². The second-order valence-corrected chi connectivity index (χ2v) is 6.38. The zero-order valence-corrected chi connectivity index (χ0v) is 15.2. The summed E-state index contributed by atoms with van der Waals surface area (Å²) in [6, 6.07) is 14.4. The number of aromatic nitrogens is 2. The van der Waals surface area contributed by atoms with Gasteiger partial charge in [0.25, 0.3) is 5.69 Å². The first-order valence-corrected chi connectivity index (χ1v) is 8.68. The van der Waals surface area contributed by atoms with Crippen molar-refractivity contribution >= 4 is 11.4 Å². The molecule has 0 aliphatic rings. The Bertz CT molecular complexity index is 1020. The number of aryl methyl sites for hydroxylation is 1. The van der Waals surface area contributed by atoms with Crippen LogP contribution in [0.5, 0.6) is 0 Å². The number of nitrogens with zero attached hydrogens (tertiary/aromatic N) is 4. The Balaban J connectivity index is 1.62. The van der Waals surface area contributed by atoms with Crippen LogP contribution in [0.2, 0.25) is 0 Å². The molecule has 7 nitrogen and oxygen atoms in total. The minimum absolute atomic E-state index is 0.0818. The van der Waals surface area contributed by atoms with E-state index in [1.54, 1.807) is 36.2 Å². The highest BCUT2D eigenvalue weighted by Crippen LogP contribution is 2.28. The quantitative estimate of drug-likeness (QED) is 0.493. The highest BCUT2D eigenvalue weighted by Gasteiger charge is 2.18. The molecule has 0 amide bonds. The fourth-order valence-corrected chi connectivity index (χ4v) is 2.95. The molecular formula is C20H18FN5O2. The molecule has 0 radical (unpaired) electrons. The Hall–Kier alpha value is -3.73. The molecule has 142 valence electrons. The summed E-state index contributed by atoms with van der Waals surface area (Å²) >= 11 is 0. The highest BCUT2D eigenvalue weighted by molar-refractivity contribution is 5.65. The van der Waals surface area contributed by atoms with E-state index in [0.717, 1.165) is 23.4 Å². The predicted octanol–water partition coefficient (Wildman–Crippen LogP) is 4.06. The highest BCUT2D eigenvalue weighted by atomic mass is 19.1. The average Bonchev–Trinajstić information content (AvgIpc) is 3.16. The van der Waals surface area contributed by atoms with Crippen LogP contribution in [0, 0.1) is 27.3 Å². The largest absolute Gasteiger partial charge is 0.369 e. The third kappa shape index (κ3) is 4.32. The van der Waals surface area contributed by atoms with E-state index in [1.165, 1.54) is 18.2 Å². The van der Waals surface area contributed by atoms with E-state index in [9.17, 15) is 14.5 Å². The number of halogens is 1. The van der Waals surface area contributed by atoms with Crippen molar-refractivity contribution in [3.05, 3.63) is 75.7 Å². The van der Waals surface area contributed by atoms with Crippen LogP contribution in [-0.4, -0.2) is 28.7 Å². The number of hydrogen-bond donors (Lipinski definition) is 1. The van der Waals surface area contributed by atoms with Crippen LogP contribution in [0.1, 0.15) is 17.7 Å². The van der Waals surface area contributed by atoms with Crippen molar-refractivity contribution in [3.8, 4) is 17.3 Å². The van der Waals surface area contributed by atoms with E-state index in [-0.39, 0.29) is 17.1 Å². The third-order valence-electron chi connectivity index (χ3n) is 4.42. The van der Waals surface area contributed by atoms with Gasteiger partial charge in [-0.1, -0.05) is 0 Å². The number of aromatic amines is 1. The van der Waals surface area contributed by atoms with Gasteiger partial charge in [-0.25, -0.2) is 4.39 Å². The van der Waals surface area contributed by atoms with Crippen molar-refractivity contribution in [1.29, 1.82) is 5.26 Å². The van der Waals surface area contributed by atoms with Crippen molar-refractivity contribution < 1.29 is 9.31 Å². The van der Waals surface area contributed by atoms with Gasteiger partial charge in [0, 0.05) is 30.9 Å². The van der Waals surface area contributed by atoms with Gasteiger partial charge in [-0.05, 0) is 55.3 Å². The maximum absolute atomic E-state index is 13.0. The average molecular weight is 379 g/mol. The number of nitriles is 1. The van der Waals surface area contributed by atoms with Gasteiger partial charge in [-0.15, -0.1) is 0 Å². The molecule has 0 saturated heterocycles. The molecule has 0 unspecified atom stereocenters. The standard InChI is InChI=1S/C20H18FN5O2/c1-25(19-9-4-14(13-22)11-20(19)26(27)28)10-2-3-17-12-18(24-23-17)15-5-7-16(21)8-6-15/h4-9,11-12H,2-3,10H2,1H3,(H,23,24). The monoisotopic (exact) mass is 379 g/mol. The van der Waals surface area contributed by atoms with Gasteiger partial charge >= 0.3 is 0 Å². The molecule has 1 heterocycles. The minimum Gasteiger partial charge on any atom is -0.369 e. The van der Waals surface area contributed by atoms with Crippen LogP contribution >= 0.6 is 0 Å². The second-order valence-electron chi connectivity index (χ2n) is 6.38. The van der Waals surface area contributed by atoms with E-state index < -0.39 is 4.92 Å². The summed E-state index contributed by atoms with van der Waals surface area (Å²) in [6.45, 7) is 0.595. The molecule has 8 heteroatoms. The molecule has 1 aromatic heterocycles. The molecule has 0 saturated carbocycles. The Morgan fingerprint density at radius 1 is 1.25 bits per heavy atom. The van der Waals surface area contributed by atoms with Crippen molar-refractivity contribution in [2.75, 3.05) is 18.5 Å². The maximum atomic E-state index is 13.0. The Kier molecular flexibility index (Phi) is 5.65. The molecule has 0 fully saturated rings. The number of anilines is 1. The number of nitro groups is 1. The maximum Gasteiger partial charge on any atom is 0.293 e. The molecular weight excluding hydrogens is 361 g/mol. The van der Waals surface area contributed by atoms with Crippen LogP contribution < -0.4 is 4.90 Å². The second kappa shape index (κ2) is 8.31. The first-order valence-electron chi connectivity index (χ1n) is 8.68. The van der Waals surface area contributed by atoms with Gasteiger partial charge in [-0.3, -0.25) is 15.2 Å². The van der Waals surface area contributed by atoms with Crippen LogP contribution in [0.25, 0.3) is 11.3 Å². The number of hydrogen-bond acceptors (Lipinski definition) is 5. The fourth-order valence-electron chi connectivity index (χ4n) is 2.95. The summed E-state index contributed by atoms with van der Waals surface area (Å²) in [6.07, 6.45) is 1.46. The van der Waals surface area contributed by atoms with Crippen molar-refractivity contribution in [2.24, 2.45) is 0 Å². The van der Waals surface area contributed by atoms with Crippen molar-refractivity contribution in [2.45, 2.75) is 12.8 Å². The Morgan fingerprint density at radius 3 is 2.68 bits per heavy atom. The third-order valence-corrected chi connectivity index (χ3v) is 4.42. The summed E-state index contributed by atoms with van der Waals surface area (Å²) in [7, 11) is 1.78. The molecule has 0 aliphatic carbocycles.